The van der Waals surface area contributed by atoms with Crippen molar-refractivity contribution in [3.63, 3.8) is 0 Å². The normalized spacial score (nSPS) is 25.1. The minimum atomic E-state index is -3.85. The molecule has 8 rings (SSSR count). The van der Waals surface area contributed by atoms with Gasteiger partial charge in [0.25, 0.3) is 11.8 Å². The van der Waals surface area contributed by atoms with Crippen LogP contribution in [0.5, 0.6) is 11.5 Å². The minimum Gasteiger partial charge on any atom is -0.492 e. The van der Waals surface area contributed by atoms with Gasteiger partial charge in [0.1, 0.15) is 46.7 Å². The van der Waals surface area contributed by atoms with Gasteiger partial charge in [0.2, 0.25) is 37.8 Å². The van der Waals surface area contributed by atoms with Crippen LogP contribution < -0.4 is 40.6 Å². The van der Waals surface area contributed by atoms with Crippen LogP contribution in [0, 0.1) is 34.5 Å². The molecule has 4 heterocycles. The SMILES string of the molecule is C=CC1C[C@]1(N)C(=O)NS(=O)(=O)C1CC1.C=CC1C[C@]1(NC(=O)[C@@H]1C[C@@H](COc2cncc(Br)c2)CN1C(=O)[C@@H](NC(=O)OC)C(C)(C)C)C(=O)NS(=O)(=O)C1CC1.COC(=O)N[C@H](C(=O)N1C[C@H](COc2cncc(Br)c2)C[C@H]1C(=O)O)C(C)(C)C.Cl. The highest BCUT2D eigenvalue weighted by Crippen LogP contribution is 2.46. The molecule has 0 radical (unpaired) electrons. The Labute approximate surface area is 535 Å². The number of nitrogens with one attached hydrogen (secondary N) is 5. The van der Waals surface area contributed by atoms with Gasteiger partial charge < -0.3 is 55.5 Å². The summed E-state index contributed by atoms with van der Waals surface area (Å²) in [7, 11) is -4.93. The van der Waals surface area contributed by atoms with Gasteiger partial charge in [-0.1, -0.05) is 53.7 Å². The summed E-state index contributed by atoms with van der Waals surface area (Å²) in [5.74, 6) is -4.08. The highest BCUT2D eigenvalue weighted by molar-refractivity contribution is 9.10. The van der Waals surface area contributed by atoms with Crippen molar-refractivity contribution in [3.8, 4) is 11.5 Å². The number of pyridine rings is 2. The number of halogens is 3. The summed E-state index contributed by atoms with van der Waals surface area (Å²) in [6, 6.07) is -0.471. The first-order chi connectivity index (χ1) is 40.5. The van der Waals surface area contributed by atoms with Crippen molar-refractivity contribution in [3.05, 3.63) is 71.2 Å². The second-order valence-electron chi connectivity index (χ2n) is 24.7. The van der Waals surface area contributed by atoms with E-state index in [-0.39, 0.29) is 75.7 Å². The number of hydrogen-bond acceptors (Lipinski definition) is 19. The molecular formula is C56H79Br2ClN10O17S2. The lowest BCUT2D eigenvalue weighted by molar-refractivity contribution is -0.150. The second kappa shape index (κ2) is 29.2. The van der Waals surface area contributed by atoms with Gasteiger partial charge >= 0.3 is 18.2 Å². The number of sulfonamides is 2. The first-order valence-corrected chi connectivity index (χ1v) is 32.7. The summed E-state index contributed by atoms with van der Waals surface area (Å²) in [6.45, 7) is 18.7. The third-order valence-electron chi connectivity index (χ3n) is 15.6. The Balaban J connectivity index is 0.000000268. The van der Waals surface area contributed by atoms with E-state index in [1.165, 1.54) is 30.1 Å². The standard InChI is InChI=1S/C28H38BrN5O8S.C19H26BrN3O6.C9H14N2O3S.ClH/c1-6-17-11-28(17,25(37)33-43(39,40)20-7-8-20)32-23(35)21-9-16(15-42-19-10-18(29)12-30-13-19)14-34(21)24(36)22(27(2,3)4)31-26(38)41-5;1-19(2,3)15(22-18(27)28-4)16(24)23-9-11(5-14(23)17(25)26)10-29-13-6-12(20)7-21-8-13;1-2-6-5-9(6,10)8(12)11-15(13,14)7-3-4-7;/h6,10,12-13,16-17,20-22H,1,7-9,11,14-15H2,2-5H3,(H,31,38)(H,32,35)(H,33,37);6-8,11,14-15H,5,9-10H2,1-4H3,(H,22,27)(H,25,26);2,6-7H,1,3-5,10H2,(H,11,12);1H/t16-,17?,21+,22-,28-;11-,14+,15-;6?,9-;/m111./s1. The molecule has 2 saturated heterocycles. The largest absolute Gasteiger partial charge is 0.492 e. The van der Waals surface area contributed by atoms with E-state index in [0.717, 1.165) is 8.95 Å². The van der Waals surface area contributed by atoms with Crippen LogP contribution >= 0.6 is 44.3 Å². The zero-order valence-corrected chi connectivity index (χ0v) is 55.7. The number of aromatic nitrogens is 2. The van der Waals surface area contributed by atoms with Crippen LogP contribution in [0.25, 0.3) is 0 Å². The maximum Gasteiger partial charge on any atom is 0.407 e. The number of nitrogens with zero attached hydrogens (tertiary/aromatic N) is 4. The van der Waals surface area contributed by atoms with Crippen LogP contribution in [-0.2, 0) is 58.3 Å². The Morgan fingerprint density at radius 2 is 1.10 bits per heavy atom. The molecule has 2 aromatic rings. The molecule has 2 aromatic heterocycles. The predicted molar refractivity (Wildman–Crippen MR) is 329 cm³/mol. The van der Waals surface area contributed by atoms with Gasteiger partial charge in [-0.2, -0.15) is 0 Å². The van der Waals surface area contributed by atoms with Crippen molar-refractivity contribution in [2.24, 2.45) is 40.2 Å². The van der Waals surface area contributed by atoms with E-state index in [4.69, 9.17) is 19.9 Å². The van der Waals surface area contributed by atoms with Gasteiger partial charge in [-0.3, -0.25) is 43.4 Å². The number of carboxylic acids is 1. The van der Waals surface area contributed by atoms with Gasteiger partial charge in [-0.15, -0.1) is 25.6 Å². The molecule has 488 valence electrons. The van der Waals surface area contributed by atoms with Crippen molar-refractivity contribution in [1.82, 2.24) is 45.2 Å². The third-order valence-corrected chi connectivity index (χ3v) is 20.1. The fraction of sp³-hybridized carbons (Fsp3) is 0.607. The zero-order valence-electron chi connectivity index (χ0n) is 50.1. The number of alkyl carbamates (subject to hydrolysis) is 2. The molecule has 4 aliphatic carbocycles. The molecule has 4 saturated carbocycles. The molecule has 27 nitrogen and oxygen atoms in total. The average Bonchev–Trinajstić information content (AvgIpc) is 1.77. The van der Waals surface area contributed by atoms with E-state index in [1.54, 1.807) is 84.5 Å². The van der Waals surface area contributed by atoms with Crippen molar-refractivity contribution in [2.45, 2.75) is 139 Å². The van der Waals surface area contributed by atoms with E-state index >= 15 is 0 Å². The number of carbonyl (C=O) groups excluding carboxylic acids is 7. The van der Waals surface area contributed by atoms with Crippen LogP contribution in [0.2, 0.25) is 0 Å². The molecule has 88 heavy (non-hydrogen) atoms. The molecule has 6 aliphatic rings. The van der Waals surface area contributed by atoms with E-state index in [0.29, 0.717) is 43.6 Å². The van der Waals surface area contributed by atoms with Crippen LogP contribution in [0.3, 0.4) is 0 Å². The lowest BCUT2D eigenvalue weighted by Crippen LogP contribution is -2.60. The lowest BCUT2D eigenvalue weighted by Gasteiger charge is -2.35. The molecular weight excluding hydrogens is 1340 g/mol. The fourth-order valence-corrected chi connectivity index (χ4v) is 13.4. The van der Waals surface area contributed by atoms with Crippen LogP contribution in [0.1, 0.15) is 92.9 Å². The van der Waals surface area contributed by atoms with Crippen LogP contribution in [0.15, 0.2) is 71.2 Å². The van der Waals surface area contributed by atoms with Crippen molar-refractivity contribution < 1.29 is 79.2 Å². The molecule has 8 N–H and O–H groups in total. The van der Waals surface area contributed by atoms with E-state index in [2.05, 4.69) is 80.4 Å². The number of aliphatic carboxylic acids is 1. The molecule has 7 amide bonds. The van der Waals surface area contributed by atoms with E-state index < -0.39 is 130 Å². The van der Waals surface area contributed by atoms with E-state index in [9.17, 15) is 60.3 Å². The Morgan fingerprint density at radius 1 is 0.693 bits per heavy atom. The summed E-state index contributed by atoms with van der Waals surface area (Å²) >= 11 is 6.66. The Kier molecular flexibility index (Phi) is 24.1. The highest BCUT2D eigenvalue weighted by Gasteiger charge is 2.62. The number of carboxylic acid groups (broad SMARTS) is 1. The molecule has 0 aromatic carbocycles. The summed E-state index contributed by atoms with van der Waals surface area (Å²) in [5.41, 5.74) is 1.79. The molecule has 10 atom stereocenters. The molecule has 0 spiro atoms. The number of methoxy groups -OCH3 is 2. The molecule has 32 heteroatoms. The number of hydrogen-bond donors (Lipinski definition) is 7. The third kappa shape index (κ3) is 18.7. The molecule has 0 bridgehead atoms. The van der Waals surface area contributed by atoms with Crippen molar-refractivity contribution in [2.75, 3.05) is 40.5 Å². The predicted octanol–water partition coefficient (Wildman–Crippen LogP) is 4.10. The number of ether oxygens (including phenoxy) is 4. The Hall–Kier alpha value is -6.15. The first-order valence-electron chi connectivity index (χ1n) is 28.0. The average molecular weight is 1420 g/mol. The number of rotatable bonds is 21. The number of amides is 7. The van der Waals surface area contributed by atoms with Gasteiger partial charge in [-0.05, 0) is 106 Å². The lowest BCUT2D eigenvalue weighted by atomic mass is 9.85. The second-order valence-corrected chi connectivity index (χ2v) is 30.4. The Morgan fingerprint density at radius 3 is 1.45 bits per heavy atom. The summed E-state index contributed by atoms with van der Waals surface area (Å²) < 4.78 is 74.6. The van der Waals surface area contributed by atoms with Crippen molar-refractivity contribution >= 4 is 112 Å². The number of carbonyl (C=O) groups is 8. The summed E-state index contributed by atoms with van der Waals surface area (Å²) in [5, 5.41) is 16.5. The monoisotopic (exact) mass is 1420 g/mol. The Bertz CT molecular complexity index is 3200. The van der Waals surface area contributed by atoms with Gasteiger partial charge in [0.15, 0.2) is 0 Å². The first kappa shape index (κ1) is 72.6. The summed E-state index contributed by atoms with van der Waals surface area (Å²) in [6.07, 6.45) is 11.2. The maximum absolute atomic E-state index is 14.0. The smallest absolute Gasteiger partial charge is 0.407 e. The quantitative estimate of drug-likeness (QED) is 0.0865. The van der Waals surface area contributed by atoms with Crippen LogP contribution in [0.4, 0.5) is 9.59 Å². The highest BCUT2D eigenvalue weighted by atomic mass is 79.9. The van der Waals surface area contributed by atoms with Crippen LogP contribution in [-0.4, -0.2) is 176 Å². The number of nitrogens with two attached hydrogens (primary N) is 1. The topological polar surface area (TPSA) is 380 Å². The zero-order chi connectivity index (χ0) is 64.8. The minimum absolute atomic E-state index is 0. The molecule has 2 aliphatic heterocycles. The van der Waals surface area contributed by atoms with Gasteiger partial charge in [-0.25, -0.2) is 31.2 Å². The van der Waals surface area contributed by atoms with Crippen molar-refractivity contribution in [1.29, 1.82) is 0 Å². The van der Waals surface area contributed by atoms with Gasteiger partial charge in [0, 0.05) is 58.1 Å². The summed E-state index contributed by atoms with van der Waals surface area (Å²) in [4.78, 5) is 112. The van der Waals surface area contributed by atoms with E-state index in [1.807, 2.05) is 4.72 Å². The maximum atomic E-state index is 14.0. The molecule has 6 fully saturated rings. The number of likely N-dealkylation sites (tertiary alicyclic amines) is 2. The fourth-order valence-electron chi connectivity index (χ4n) is 9.98. The molecule has 2 unspecified atom stereocenters. The van der Waals surface area contributed by atoms with Gasteiger partial charge in [0.05, 0.1) is 50.3 Å².